The first-order chi connectivity index (χ1) is 9.75. The number of nitro benzene ring substituents is 1. The average Bonchev–Trinajstić information content (AvgIpc) is 2.85. The van der Waals surface area contributed by atoms with E-state index in [0.717, 1.165) is 11.5 Å². The zero-order valence-corrected chi connectivity index (χ0v) is 13.3. The van der Waals surface area contributed by atoms with E-state index in [4.69, 9.17) is 0 Å². The van der Waals surface area contributed by atoms with Crippen molar-refractivity contribution >= 4 is 11.4 Å². The molecule has 2 aliphatic carbocycles. The van der Waals surface area contributed by atoms with Gasteiger partial charge in [0.15, 0.2) is 0 Å². The summed E-state index contributed by atoms with van der Waals surface area (Å²) < 4.78 is 0. The smallest absolute Gasteiger partial charge is 0.295 e. The van der Waals surface area contributed by atoms with Gasteiger partial charge in [-0.15, -0.1) is 0 Å². The Morgan fingerprint density at radius 1 is 1.33 bits per heavy atom. The third kappa shape index (κ3) is 2.03. The molecule has 0 aromatic heterocycles. The molecule has 1 aromatic rings. The Labute approximate surface area is 126 Å². The molecule has 0 heterocycles. The van der Waals surface area contributed by atoms with Gasteiger partial charge >= 0.3 is 0 Å². The van der Waals surface area contributed by atoms with Crippen molar-refractivity contribution in [2.75, 3.05) is 5.32 Å². The maximum atomic E-state index is 11.4. The number of nitrogens with zero attached hydrogens (tertiary/aromatic N) is 1. The molecule has 3 rings (SSSR count). The average molecular weight is 288 g/mol. The molecule has 114 valence electrons. The van der Waals surface area contributed by atoms with Gasteiger partial charge in [-0.05, 0) is 49.0 Å². The lowest BCUT2D eigenvalue weighted by atomic mass is 9.68. The number of hydrogen-bond donors (Lipinski definition) is 1. The predicted molar refractivity (Wildman–Crippen MR) is 84.5 cm³/mol. The number of fused-ring (bicyclic) bond motifs is 2. The van der Waals surface area contributed by atoms with Crippen molar-refractivity contribution < 1.29 is 4.92 Å². The van der Waals surface area contributed by atoms with Crippen molar-refractivity contribution in [3.63, 3.8) is 0 Å². The molecule has 0 aliphatic heterocycles. The molecular weight excluding hydrogens is 264 g/mol. The van der Waals surface area contributed by atoms with Gasteiger partial charge in [0.2, 0.25) is 0 Å². The second kappa shape index (κ2) is 4.46. The molecule has 4 nitrogen and oxygen atoms in total. The van der Waals surface area contributed by atoms with Crippen LogP contribution < -0.4 is 5.32 Å². The number of nitrogens with one attached hydrogen (secondary N) is 1. The normalized spacial score (nSPS) is 33.1. The summed E-state index contributed by atoms with van der Waals surface area (Å²) in [7, 11) is 0. The highest BCUT2D eigenvalue weighted by Crippen LogP contribution is 2.63. The number of anilines is 1. The summed E-state index contributed by atoms with van der Waals surface area (Å²) in [6.07, 6.45) is 3.74. The molecule has 2 saturated carbocycles. The van der Waals surface area contributed by atoms with Gasteiger partial charge in [0, 0.05) is 11.6 Å². The summed E-state index contributed by atoms with van der Waals surface area (Å²) in [6, 6.07) is 5.84. The molecule has 4 heteroatoms. The molecule has 1 aromatic carbocycles. The van der Waals surface area contributed by atoms with E-state index in [1.165, 1.54) is 19.3 Å². The maximum Gasteiger partial charge on any atom is 0.295 e. The van der Waals surface area contributed by atoms with Crippen LogP contribution in [0, 0.1) is 33.8 Å². The van der Waals surface area contributed by atoms with E-state index >= 15 is 0 Å². The van der Waals surface area contributed by atoms with E-state index in [1.807, 2.05) is 12.1 Å². The van der Waals surface area contributed by atoms with Crippen molar-refractivity contribution in [3.8, 4) is 0 Å². The number of para-hydroxylation sites is 1. The van der Waals surface area contributed by atoms with Crippen LogP contribution in [0.15, 0.2) is 18.2 Å². The van der Waals surface area contributed by atoms with Gasteiger partial charge in [-0.3, -0.25) is 10.1 Å². The largest absolute Gasteiger partial charge is 0.376 e. The molecule has 3 unspecified atom stereocenters. The molecule has 0 saturated heterocycles. The van der Waals surface area contributed by atoms with Crippen LogP contribution in [0.25, 0.3) is 0 Å². The lowest BCUT2D eigenvalue weighted by molar-refractivity contribution is -0.384. The van der Waals surface area contributed by atoms with Crippen LogP contribution in [-0.2, 0) is 0 Å². The van der Waals surface area contributed by atoms with E-state index in [1.54, 1.807) is 13.0 Å². The number of benzene rings is 1. The highest BCUT2D eigenvalue weighted by Gasteiger charge is 2.59. The van der Waals surface area contributed by atoms with Gasteiger partial charge in [0.05, 0.1) is 4.92 Å². The summed E-state index contributed by atoms with van der Waals surface area (Å²) in [5, 5.41) is 14.9. The van der Waals surface area contributed by atoms with Gasteiger partial charge in [-0.1, -0.05) is 32.9 Å². The Balaban J connectivity index is 1.98. The Hall–Kier alpha value is -1.58. The van der Waals surface area contributed by atoms with Crippen molar-refractivity contribution in [2.45, 2.75) is 53.0 Å². The topological polar surface area (TPSA) is 55.2 Å². The number of aryl methyl sites for hydroxylation is 1. The van der Waals surface area contributed by atoms with E-state index in [-0.39, 0.29) is 21.4 Å². The number of hydrogen-bond acceptors (Lipinski definition) is 3. The van der Waals surface area contributed by atoms with E-state index < -0.39 is 0 Å². The first kappa shape index (κ1) is 14.4. The predicted octanol–water partition coefficient (Wildman–Crippen LogP) is 4.53. The molecule has 2 fully saturated rings. The fourth-order valence-corrected chi connectivity index (χ4v) is 4.84. The summed E-state index contributed by atoms with van der Waals surface area (Å²) >= 11 is 0. The Morgan fingerprint density at radius 3 is 2.62 bits per heavy atom. The van der Waals surface area contributed by atoms with Crippen LogP contribution in [0.2, 0.25) is 0 Å². The quantitative estimate of drug-likeness (QED) is 0.656. The fourth-order valence-electron chi connectivity index (χ4n) is 4.84. The number of rotatable bonds is 3. The van der Waals surface area contributed by atoms with Crippen LogP contribution in [0.4, 0.5) is 11.4 Å². The van der Waals surface area contributed by atoms with Gasteiger partial charge in [0.1, 0.15) is 5.69 Å². The van der Waals surface area contributed by atoms with Gasteiger partial charge < -0.3 is 5.32 Å². The SMILES string of the molecule is Cc1cccc(NC2C3(C)CCC(C3)C2(C)C)c1[N+](=O)[O-]. The van der Waals surface area contributed by atoms with Crippen molar-refractivity contribution in [2.24, 2.45) is 16.7 Å². The maximum absolute atomic E-state index is 11.4. The minimum Gasteiger partial charge on any atom is -0.376 e. The Kier molecular flexibility index (Phi) is 3.05. The molecule has 0 spiro atoms. The van der Waals surface area contributed by atoms with Crippen LogP contribution in [0.5, 0.6) is 0 Å². The van der Waals surface area contributed by atoms with Crippen molar-refractivity contribution in [1.82, 2.24) is 0 Å². The summed E-state index contributed by atoms with van der Waals surface area (Å²) in [5.41, 5.74) is 2.05. The number of nitro groups is 1. The van der Waals surface area contributed by atoms with E-state index in [0.29, 0.717) is 11.7 Å². The summed E-state index contributed by atoms with van der Waals surface area (Å²) in [4.78, 5) is 11.1. The highest BCUT2D eigenvalue weighted by molar-refractivity contribution is 5.66. The minimum atomic E-state index is -0.264. The van der Waals surface area contributed by atoms with Crippen LogP contribution in [0.1, 0.15) is 45.6 Å². The molecule has 2 aliphatic rings. The first-order valence-corrected chi connectivity index (χ1v) is 7.76. The lowest BCUT2D eigenvalue weighted by Crippen LogP contribution is -2.45. The fraction of sp³-hybridized carbons (Fsp3) is 0.647. The van der Waals surface area contributed by atoms with Gasteiger partial charge in [-0.2, -0.15) is 0 Å². The van der Waals surface area contributed by atoms with E-state index in [2.05, 4.69) is 26.1 Å². The second-order valence-corrected chi connectivity index (χ2v) is 7.72. The van der Waals surface area contributed by atoms with Gasteiger partial charge in [-0.25, -0.2) is 0 Å². The molecule has 21 heavy (non-hydrogen) atoms. The monoisotopic (exact) mass is 288 g/mol. The lowest BCUT2D eigenvalue weighted by Gasteiger charge is -2.43. The molecule has 0 amide bonds. The van der Waals surface area contributed by atoms with Gasteiger partial charge in [0.25, 0.3) is 5.69 Å². The second-order valence-electron chi connectivity index (χ2n) is 7.72. The van der Waals surface area contributed by atoms with Crippen LogP contribution in [-0.4, -0.2) is 11.0 Å². The standard InChI is InChI=1S/C17H24N2O2/c1-11-6-5-7-13(14(11)19(20)21)18-15-16(2,3)12-8-9-17(15,4)10-12/h5-7,12,15,18H,8-10H2,1-4H3. The zero-order chi connectivity index (χ0) is 15.4. The highest BCUT2D eigenvalue weighted by atomic mass is 16.6. The third-order valence-corrected chi connectivity index (χ3v) is 5.99. The van der Waals surface area contributed by atoms with Crippen LogP contribution in [0.3, 0.4) is 0 Å². The molecule has 0 radical (unpaired) electrons. The van der Waals surface area contributed by atoms with Crippen molar-refractivity contribution in [3.05, 3.63) is 33.9 Å². The molecule has 1 N–H and O–H groups in total. The third-order valence-electron chi connectivity index (χ3n) is 5.99. The van der Waals surface area contributed by atoms with E-state index in [9.17, 15) is 10.1 Å². The Bertz CT molecular complexity index is 592. The van der Waals surface area contributed by atoms with Crippen molar-refractivity contribution in [1.29, 1.82) is 0 Å². The molecular formula is C17H24N2O2. The summed E-state index contributed by atoms with van der Waals surface area (Å²) in [6.45, 7) is 8.75. The Morgan fingerprint density at radius 2 is 2.05 bits per heavy atom. The van der Waals surface area contributed by atoms with Crippen LogP contribution >= 0.6 is 0 Å². The molecule has 3 atom stereocenters. The zero-order valence-electron chi connectivity index (χ0n) is 13.3. The first-order valence-electron chi connectivity index (χ1n) is 7.76. The summed E-state index contributed by atoms with van der Waals surface area (Å²) in [5.74, 6) is 0.726. The minimum absolute atomic E-state index is 0.185. The molecule has 2 bridgehead atoms.